The van der Waals surface area contributed by atoms with Crippen LogP contribution in [0.15, 0.2) is 14.9 Å². The highest BCUT2D eigenvalue weighted by atomic mass is 32.2. The third kappa shape index (κ3) is 2.75. The molecule has 0 aliphatic heterocycles. The third-order valence-corrected chi connectivity index (χ3v) is 6.03. The van der Waals surface area contributed by atoms with E-state index in [1.807, 2.05) is 6.20 Å². The van der Waals surface area contributed by atoms with Crippen molar-refractivity contribution in [2.75, 3.05) is 0 Å². The summed E-state index contributed by atoms with van der Waals surface area (Å²) in [6, 6.07) is 0. The molecule has 96 valence electrons. The van der Waals surface area contributed by atoms with Crippen molar-refractivity contribution in [2.45, 2.75) is 53.6 Å². The zero-order chi connectivity index (χ0) is 12.8. The molecule has 1 aliphatic carbocycles. The summed E-state index contributed by atoms with van der Waals surface area (Å²) in [4.78, 5) is 10.4. The summed E-state index contributed by atoms with van der Waals surface area (Å²) in [5.41, 5.74) is 0.177. The molecular formula is C12H15N3S3. The molecule has 0 atom stereocenters. The van der Waals surface area contributed by atoms with E-state index < -0.39 is 0 Å². The lowest BCUT2D eigenvalue weighted by molar-refractivity contribution is 0.602. The van der Waals surface area contributed by atoms with Crippen LogP contribution in [-0.2, 0) is 5.41 Å². The fourth-order valence-corrected chi connectivity index (χ4v) is 4.42. The van der Waals surface area contributed by atoms with Gasteiger partial charge in [-0.3, -0.25) is 0 Å². The van der Waals surface area contributed by atoms with Crippen molar-refractivity contribution in [2.24, 2.45) is 0 Å². The number of hydrogen-bond donors (Lipinski definition) is 0. The summed E-state index contributed by atoms with van der Waals surface area (Å²) >= 11 is 4.90. The minimum absolute atomic E-state index is 0.177. The van der Waals surface area contributed by atoms with Gasteiger partial charge < -0.3 is 0 Å². The van der Waals surface area contributed by atoms with Crippen LogP contribution >= 0.6 is 34.6 Å². The van der Waals surface area contributed by atoms with E-state index in [9.17, 15) is 0 Å². The van der Waals surface area contributed by atoms with Crippen LogP contribution in [0, 0.1) is 0 Å². The Morgan fingerprint density at radius 1 is 1.28 bits per heavy atom. The molecule has 2 heterocycles. The van der Waals surface area contributed by atoms with Gasteiger partial charge in [0.1, 0.15) is 5.82 Å². The largest absolute Gasteiger partial charge is 0.237 e. The summed E-state index contributed by atoms with van der Waals surface area (Å²) in [7, 11) is 0. The van der Waals surface area contributed by atoms with Crippen LogP contribution in [0.4, 0.5) is 0 Å². The van der Waals surface area contributed by atoms with E-state index in [4.69, 9.17) is 0 Å². The lowest BCUT2D eigenvalue weighted by Crippen LogP contribution is -2.07. The molecule has 2 aromatic rings. The molecule has 0 aromatic carbocycles. The van der Waals surface area contributed by atoms with Gasteiger partial charge in [0.15, 0.2) is 8.68 Å². The number of rotatable bonds is 3. The standard InChI is InChI=1S/C12H15N3S3/c1-12(2,3)8-6-13-10(16-8)17-11-14-9(15-18-11)7-4-5-7/h6-7H,4-5H2,1-3H3. The van der Waals surface area contributed by atoms with E-state index in [1.54, 1.807) is 23.1 Å². The molecule has 18 heavy (non-hydrogen) atoms. The SMILES string of the molecule is CC(C)(C)c1cnc(Sc2nc(C3CC3)ns2)s1. The van der Waals surface area contributed by atoms with Crippen LogP contribution in [0.1, 0.15) is 50.2 Å². The first-order chi connectivity index (χ1) is 8.52. The third-order valence-electron chi connectivity index (χ3n) is 2.76. The topological polar surface area (TPSA) is 38.7 Å². The Labute approximate surface area is 119 Å². The van der Waals surface area contributed by atoms with Gasteiger partial charge in [-0.15, -0.1) is 11.3 Å². The molecule has 3 nitrogen and oxygen atoms in total. The van der Waals surface area contributed by atoms with Crippen molar-refractivity contribution in [3.63, 3.8) is 0 Å². The predicted molar refractivity (Wildman–Crippen MR) is 76.8 cm³/mol. The van der Waals surface area contributed by atoms with Crippen molar-refractivity contribution in [3.05, 3.63) is 16.9 Å². The van der Waals surface area contributed by atoms with Crippen LogP contribution in [0.3, 0.4) is 0 Å². The van der Waals surface area contributed by atoms with Crippen LogP contribution in [-0.4, -0.2) is 14.3 Å². The number of aromatic nitrogens is 3. The molecule has 0 spiro atoms. The van der Waals surface area contributed by atoms with Gasteiger partial charge in [0, 0.05) is 17.0 Å². The van der Waals surface area contributed by atoms with Gasteiger partial charge in [-0.2, -0.15) is 4.37 Å². The van der Waals surface area contributed by atoms with E-state index in [0.29, 0.717) is 5.92 Å². The highest BCUT2D eigenvalue weighted by molar-refractivity contribution is 8.02. The lowest BCUT2D eigenvalue weighted by atomic mass is 9.96. The van der Waals surface area contributed by atoms with Gasteiger partial charge in [-0.05, 0) is 41.6 Å². The summed E-state index contributed by atoms with van der Waals surface area (Å²) in [6.07, 6.45) is 4.49. The molecule has 2 aromatic heterocycles. The first kappa shape index (κ1) is 12.6. The van der Waals surface area contributed by atoms with E-state index >= 15 is 0 Å². The molecule has 0 unspecified atom stereocenters. The zero-order valence-corrected chi connectivity index (χ0v) is 13.1. The Kier molecular flexibility index (Phi) is 3.20. The summed E-state index contributed by atoms with van der Waals surface area (Å²) in [5, 5.41) is 0. The van der Waals surface area contributed by atoms with Crippen LogP contribution < -0.4 is 0 Å². The quantitative estimate of drug-likeness (QED) is 0.845. The predicted octanol–water partition coefficient (Wildman–Crippen LogP) is 4.32. The van der Waals surface area contributed by atoms with Crippen molar-refractivity contribution in [1.82, 2.24) is 14.3 Å². The first-order valence-corrected chi connectivity index (χ1v) is 8.41. The van der Waals surface area contributed by atoms with Gasteiger partial charge in [-0.1, -0.05) is 20.8 Å². The zero-order valence-electron chi connectivity index (χ0n) is 10.6. The summed E-state index contributed by atoms with van der Waals surface area (Å²) in [6.45, 7) is 6.64. The molecule has 0 amide bonds. The van der Waals surface area contributed by atoms with E-state index in [2.05, 4.69) is 35.1 Å². The van der Waals surface area contributed by atoms with E-state index in [1.165, 1.54) is 29.3 Å². The molecule has 6 heteroatoms. The molecule has 1 aliphatic rings. The lowest BCUT2D eigenvalue weighted by Gasteiger charge is -2.14. The maximum atomic E-state index is 4.58. The molecule has 1 fully saturated rings. The Hall–Kier alpha value is -0.460. The fraction of sp³-hybridized carbons (Fsp3) is 0.583. The normalized spacial score (nSPS) is 16.2. The Morgan fingerprint density at radius 3 is 2.67 bits per heavy atom. The average molecular weight is 297 g/mol. The number of hydrogen-bond acceptors (Lipinski definition) is 6. The van der Waals surface area contributed by atoms with Crippen LogP contribution in [0.5, 0.6) is 0 Å². The second kappa shape index (κ2) is 4.58. The molecule has 0 bridgehead atoms. The van der Waals surface area contributed by atoms with Crippen LogP contribution in [0.2, 0.25) is 0 Å². The van der Waals surface area contributed by atoms with Crippen LogP contribution in [0.25, 0.3) is 0 Å². The van der Waals surface area contributed by atoms with E-state index in [0.717, 1.165) is 14.5 Å². The Morgan fingerprint density at radius 2 is 2.06 bits per heavy atom. The van der Waals surface area contributed by atoms with Crippen molar-refractivity contribution >= 4 is 34.6 Å². The van der Waals surface area contributed by atoms with Gasteiger partial charge in [0.2, 0.25) is 0 Å². The maximum Gasteiger partial charge on any atom is 0.177 e. The minimum Gasteiger partial charge on any atom is -0.237 e. The highest BCUT2D eigenvalue weighted by Crippen LogP contribution is 2.41. The second-order valence-corrected chi connectivity index (χ2v) is 8.81. The Bertz CT molecular complexity index is 549. The van der Waals surface area contributed by atoms with Crippen molar-refractivity contribution < 1.29 is 0 Å². The van der Waals surface area contributed by atoms with Gasteiger partial charge in [-0.25, -0.2) is 9.97 Å². The van der Waals surface area contributed by atoms with Crippen molar-refractivity contribution in [1.29, 1.82) is 0 Å². The highest BCUT2D eigenvalue weighted by Gasteiger charge is 2.28. The molecule has 1 saturated carbocycles. The molecular weight excluding hydrogens is 282 g/mol. The minimum atomic E-state index is 0.177. The van der Waals surface area contributed by atoms with Gasteiger partial charge in [0.25, 0.3) is 0 Å². The Balaban J connectivity index is 1.73. The number of thiazole rings is 1. The number of nitrogens with zero attached hydrogens (tertiary/aromatic N) is 3. The smallest absolute Gasteiger partial charge is 0.177 e. The molecule has 0 saturated heterocycles. The van der Waals surface area contributed by atoms with Gasteiger partial charge >= 0.3 is 0 Å². The molecule has 0 radical (unpaired) electrons. The second-order valence-electron chi connectivity index (χ2n) is 5.54. The maximum absolute atomic E-state index is 4.58. The molecule has 0 N–H and O–H groups in total. The van der Waals surface area contributed by atoms with Gasteiger partial charge in [0.05, 0.1) is 0 Å². The van der Waals surface area contributed by atoms with Crippen molar-refractivity contribution in [3.8, 4) is 0 Å². The summed E-state index contributed by atoms with van der Waals surface area (Å²) in [5.74, 6) is 1.67. The monoisotopic (exact) mass is 297 g/mol. The fourth-order valence-electron chi connectivity index (χ4n) is 1.50. The summed E-state index contributed by atoms with van der Waals surface area (Å²) < 4.78 is 6.50. The molecule has 3 rings (SSSR count). The first-order valence-electron chi connectivity index (χ1n) is 6.00. The average Bonchev–Trinajstić information content (AvgIpc) is 2.85. The van der Waals surface area contributed by atoms with E-state index in [-0.39, 0.29) is 5.41 Å².